The highest BCUT2D eigenvalue weighted by atomic mass is 32.2. The Kier molecular flexibility index (Phi) is 4.93. The predicted octanol–water partition coefficient (Wildman–Crippen LogP) is 1.93. The summed E-state index contributed by atoms with van der Waals surface area (Å²) < 4.78 is 1.76. The van der Waals surface area contributed by atoms with Crippen LogP contribution in [0.25, 0.3) is 11.2 Å². The van der Waals surface area contributed by atoms with Crippen LogP contribution < -0.4 is 4.90 Å². The number of aryl methyl sites for hydroxylation is 1. The number of rotatable bonds is 4. The van der Waals surface area contributed by atoms with Crippen molar-refractivity contribution < 1.29 is 4.79 Å². The summed E-state index contributed by atoms with van der Waals surface area (Å²) in [5.41, 5.74) is 2.23. The third kappa shape index (κ3) is 3.23. The van der Waals surface area contributed by atoms with Gasteiger partial charge in [-0.25, -0.2) is 14.6 Å². The summed E-state index contributed by atoms with van der Waals surface area (Å²) in [5, 5.41) is 8.39. The van der Waals surface area contributed by atoms with Gasteiger partial charge in [0.1, 0.15) is 6.33 Å². The number of anilines is 1. The Morgan fingerprint density at radius 2 is 1.93 bits per heavy atom. The standard InChI is InChI=1S/C18H21N7OS/c1-3-25-17-15(21-22-25)16(19-12-20-17)23-8-10-24(11-9-23)18(26)13-6-4-5-7-14(13)27-2/h4-7,12H,3,8-11H2,1-2H3. The van der Waals surface area contributed by atoms with E-state index in [0.717, 1.165) is 21.9 Å². The molecule has 1 aliphatic rings. The highest BCUT2D eigenvalue weighted by Crippen LogP contribution is 2.24. The molecule has 1 aromatic carbocycles. The number of amides is 1. The summed E-state index contributed by atoms with van der Waals surface area (Å²) in [7, 11) is 0. The molecule has 0 spiro atoms. The van der Waals surface area contributed by atoms with Gasteiger partial charge < -0.3 is 9.80 Å². The number of nitrogens with zero attached hydrogens (tertiary/aromatic N) is 7. The third-order valence-electron chi connectivity index (χ3n) is 4.78. The van der Waals surface area contributed by atoms with E-state index in [9.17, 15) is 4.79 Å². The molecule has 1 amide bonds. The first kappa shape index (κ1) is 17.7. The molecule has 0 saturated carbocycles. The number of fused-ring (bicyclic) bond motifs is 1. The first-order valence-corrected chi connectivity index (χ1v) is 10.2. The lowest BCUT2D eigenvalue weighted by molar-refractivity contribution is 0.0743. The van der Waals surface area contributed by atoms with E-state index in [-0.39, 0.29) is 5.91 Å². The average Bonchev–Trinajstić information content (AvgIpc) is 3.16. The van der Waals surface area contributed by atoms with Crippen LogP contribution in [0.2, 0.25) is 0 Å². The Morgan fingerprint density at radius 3 is 2.67 bits per heavy atom. The van der Waals surface area contributed by atoms with Crippen molar-refractivity contribution in [3.8, 4) is 0 Å². The van der Waals surface area contributed by atoms with Gasteiger partial charge in [0.05, 0.1) is 5.56 Å². The van der Waals surface area contributed by atoms with Crippen molar-refractivity contribution in [2.75, 3.05) is 37.3 Å². The summed E-state index contributed by atoms with van der Waals surface area (Å²) >= 11 is 1.60. The lowest BCUT2D eigenvalue weighted by Gasteiger charge is -2.35. The smallest absolute Gasteiger partial charge is 0.255 e. The van der Waals surface area contributed by atoms with Gasteiger partial charge in [-0.3, -0.25) is 4.79 Å². The van der Waals surface area contributed by atoms with Crippen LogP contribution in [-0.2, 0) is 6.54 Å². The summed E-state index contributed by atoms with van der Waals surface area (Å²) in [4.78, 5) is 26.7. The zero-order chi connectivity index (χ0) is 18.8. The van der Waals surface area contributed by atoms with Gasteiger partial charge in [0.25, 0.3) is 5.91 Å². The van der Waals surface area contributed by atoms with Crippen LogP contribution in [0.3, 0.4) is 0 Å². The molecule has 27 heavy (non-hydrogen) atoms. The van der Waals surface area contributed by atoms with Crippen LogP contribution in [0.15, 0.2) is 35.5 Å². The molecule has 3 heterocycles. The minimum atomic E-state index is 0.0874. The fourth-order valence-electron chi connectivity index (χ4n) is 3.34. The summed E-state index contributed by atoms with van der Waals surface area (Å²) in [5.74, 6) is 0.876. The first-order chi connectivity index (χ1) is 13.2. The highest BCUT2D eigenvalue weighted by molar-refractivity contribution is 7.98. The Labute approximate surface area is 161 Å². The van der Waals surface area contributed by atoms with E-state index >= 15 is 0 Å². The fourth-order valence-corrected chi connectivity index (χ4v) is 3.93. The van der Waals surface area contributed by atoms with Gasteiger partial charge in [0, 0.05) is 37.6 Å². The molecule has 0 radical (unpaired) electrons. The highest BCUT2D eigenvalue weighted by Gasteiger charge is 2.26. The lowest BCUT2D eigenvalue weighted by Crippen LogP contribution is -2.49. The SMILES string of the molecule is CCn1nnc2c(N3CCN(C(=O)c4ccccc4SC)CC3)ncnc21. The second-order valence-corrected chi connectivity index (χ2v) is 7.10. The summed E-state index contributed by atoms with van der Waals surface area (Å²) in [6, 6.07) is 7.77. The van der Waals surface area contributed by atoms with Crippen LogP contribution >= 0.6 is 11.8 Å². The molecule has 9 heteroatoms. The van der Waals surface area contributed by atoms with Crippen molar-refractivity contribution in [2.45, 2.75) is 18.4 Å². The average molecular weight is 383 g/mol. The molecular weight excluding hydrogens is 362 g/mol. The van der Waals surface area contributed by atoms with E-state index in [2.05, 4.69) is 25.2 Å². The van der Waals surface area contributed by atoms with E-state index in [1.54, 1.807) is 22.8 Å². The van der Waals surface area contributed by atoms with Gasteiger partial charge in [0.15, 0.2) is 17.0 Å². The third-order valence-corrected chi connectivity index (χ3v) is 5.58. The normalized spacial score (nSPS) is 14.7. The number of benzene rings is 1. The van der Waals surface area contributed by atoms with Crippen LogP contribution in [0.5, 0.6) is 0 Å². The van der Waals surface area contributed by atoms with Gasteiger partial charge in [-0.15, -0.1) is 16.9 Å². The van der Waals surface area contributed by atoms with E-state index in [1.807, 2.05) is 42.3 Å². The van der Waals surface area contributed by atoms with Crippen molar-refractivity contribution >= 4 is 34.7 Å². The zero-order valence-electron chi connectivity index (χ0n) is 15.4. The second kappa shape index (κ2) is 7.51. The molecule has 1 saturated heterocycles. The molecule has 3 aromatic rings. The molecule has 0 bridgehead atoms. The van der Waals surface area contributed by atoms with E-state index in [1.165, 1.54) is 0 Å². The summed E-state index contributed by atoms with van der Waals surface area (Å²) in [6.45, 7) is 5.43. The van der Waals surface area contributed by atoms with E-state index in [4.69, 9.17) is 0 Å². The maximum Gasteiger partial charge on any atom is 0.255 e. The molecule has 4 rings (SSSR count). The van der Waals surface area contributed by atoms with Gasteiger partial charge in [0.2, 0.25) is 0 Å². The Bertz CT molecular complexity index is 965. The number of aromatic nitrogens is 5. The lowest BCUT2D eigenvalue weighted by atomic mass is 10.2. The van der Waals surface area contributed by atoms with Crippen molar-refractivity contribution in [2.24, 2.45) is 0 Å². The molecule has 8 nitrogen and oxygen atoms in total. The Hall–Kier alpha value is -2.68. The van der Waals surface area contributed by atoms with Crippen molar-refractivity contribution in [3.05, 3.63) is 36.2 Å². The molecule has 2 aromatic heterocycles. The molecule has 140 valence electrons. The van der Waals surface area contributed by atoms with Gasteiger partial charge in [-0.05, 0) is 25.3 Å². The van der Waals surface area contributed by atoms with Crippen LogP contribution in [0, 0.1) is 0 Å². The molecular formula is C18H21N7OS. The Balaban J connectivity index is 1.51. The van der Waals surface area contributed by atoms with Crippen LogP contribution in [0.4, 0.5) is 5.82 Å². The van der Waals surface area contributed by atoms with Crippen LogP contribution in [0.1, 0.15) is 17.3 Å². The van der Waals surface area contributed by atoms with Crippen molar-refractivity contribution in [3.63, 3.8) is 0 Å². The predicted molar refractivity (Wildman–Crippen MR) is 105 cm³/mol. The zero-order valence-corrected chi connectivity index (χ0v) is 16.2. The van der Waals surface area contributed by atoms with E-state index in [0.29, 0.717) is 38.2 Å². The molecule has 1 fully saturated rings. The van der Waals surface area contributed by atoms with Crippen molar-refractivity contribution in [1.82, 2.24) is 29.9 Å². The number of thioether (sulfide) groups is 1. The minimum Gasteiger partial charge on any atom is -0.351 e. The maximum atomic E-state index is 12.9. The van der Waals surface area contributed by atoms with Crippen LogP contribution in [-0.4, -0.2) is 68.2 Å². The second-order valence-electron chi connectivity index (χ2n) is 6.25. The number of hydrogen-bond donors (Lipinski definition) is 0. The minimum absolute atomic E-state index is 0.0874. The van der Waals surface area contributed by atoms with Gasteiger partial charge >= 0.3 is 0 Å². The van der Waals surface area contributed by atoms with E-state index < -0.39 is 0 Å². The number of hydrogen-bond acceptors (Lipinski definition) is 7. The van der Waals surface area contributed by atoms with Crippen molar-refractivity contribution in [1.29, 1.82) is 0 Å². The quantitative estimate of drug-likeness (QED) is 0.637. The molecule has 0 aliphatic carbocycles. The topological polar surface area (TPSA) is 80.0 Å². The fraction of sp³-hybridized carbons (Fsp3) is 0.389. The number of carbonyl (C=O) groups excluding carboxylic acids is 1. The first-order valence-electron chi connectivity index (χ1n) is 8.94. The molecule has 0 atom stereocenters. The van der Waals surface area contributed by atoms with Gasteiger partial charge in [-0.2, -0.15) is 0 Å². The molecule has 1 aliphatic heterocycles. The van der Waals surface area contributed by atoms with Gasteiger partial charge in [-0.1, -0.05) is 17.3 Å². The monoisotopic (exact) mass is 383 g/mol. The number of carbonyl (C=O) groups is 1. The summed E-state index contributed by atoms with van der Waals surface area (Å²) in [6.07, 6.45) is 3.55. The molecule has 0 unspecified atom stereocenters. The number of piperazine rings is 1. The molecule has 0 N–H and O–H groups in total. The largest absolute Gasteiger partial charge is 0.351 e. The maximum absolute atomic E-state index is 12.9. The Morgan fingerprint density at radius 1 is 1.15 bits per heavy atom.